The van der Waals surface area contributed by atoms with E-state index in [4.69, 9.17) is 10.7 Å². The first-order valence-electron chi connectivity index (χ1n) is 12.1. The molecule has 0 radical (unpaired) electrons. The number of hydrogen-bond donors (Lipinski definition) is 4. The molecule has 36 heavy (non-hydrogen) atoms. The van der Waals surface area contributed by atoms with Gasteiger partial charge in [-0.3, -0.25) is 9.89 Å². The van der Waals surface area contributed by atoms with Crippen LogP contribution in [0.25, 0.3) is 22.3 Å². The number of carbonyl (C=O) groups excluding carboxylic acids is 1. The van der Waals surface area contributed by atoms with Crippen LogP contribution >= 0.6 is 0 Å². The van der Waals surface area contributed by atoms with Crippen LogP contribution in [0.1, 0.15) is 54.1 Å². The Morgan fingerprint density at radius 1 is 1.19 bits per heavy atom. The van der Waals surface area contributed by atoms with Gasteiger partial charge in [0.15, 0.2) is 0 Å². The molecule has 0 aliphatic heterocycles. The maximum atomic E-state index is 13.9. The molecule has 2 aromatic heterocycles. The summed E-state index contributed by atoms with van der Waals surface area (Å²) in [6.45, 7) is 6.04. The second-order valence-electron chi connectivity index (χ2n) is 9.98. The van der Waals surface area contributed by atoms with Crippen LogP contribution in [0.2, 0.25) is 0 Å². The summed E-state index contributed by atoms with van der Waals surface area (Å²) in [5, 5.41) is 15.3. The van der Waals surface area contributed by atoms with E-state index in [1.54, 1.807) is 6.20 Å². The number of fused-ring (bicyclic) bond motifs is 1. The molecule has 8 nitrogen and oxygen atoms in total. The van der Waals surface area contributed by atoms with E-state index in [0.29, 0.717) is 12.4 Å². The van der Waals surface area contributed by atoms with Gasteiger partial charge in [0.25, 0.3) is 5.91 Å². The van der Waals surface area contributed by atoms with Crippen LogP contribution in [0.4, 0.5) is 16.0 Å². The van der Waals surface area contributed by atoms with Crippen molar-refractivity contribution in [3.05, 3.63) is 65.1 Å². The first-order valence-corrected chi connectivity index (χ1v) is 12.1. The van der Waals surface area contributed by atoms with Gasteiger partial charge in [0.2, 0.25) is 5.95 Å². The van der Waals surface area contributed by atoms with Gasteiger partial charge in [0.1, 0.15) is 11.5 Å². The lowest BCUT2D eigenvalue weighted by molar-refractivity contribution is 0.0878. The molecule has 1 saturated carbocycles. The highest BCUT2D eigenvalue weighted by molar-refractivity contribution is 5.95. The van der Waals surface area contributed by atoms with Crippen molar-refractivity contribution in [2.24, 2.45) is 0 Å². The molecule has 186 valence electrons. The molecule has 0 saturated heterocycles. The molecule has 9 heteroatoms. The highest BCUT2D eigenvalue weighted by atomic mass is 19.1. The third kappa shape index (κ3) is 4.60. The Kier molecular flexibility index (Phi) is 6.07. The van der Waals surface area contributed by atoms with Gasteiger partial charge >= 0.3 is 0 Å². The molecule has 2 atom stereocenters. The van der Waals surface area contributed by atoms with Crippen LogP contribution in [0.3, 0.4) is 0 Å². The van der Waals surface area contributed by atoms with Crippen LogP contribution < -0.4 is 16.4 Å². The fourth-order valence-electron chi connectivity index (χ4n) is 5.04. The lowest BCUT2D eigenvalue weighted by Gasteiger charge is -2.39. The molecular weight excluding hydrogens is 457 g/mol. The zero-order chi connectivity index (χ0) is 25.4. The molecule has 0 spiro atoms. The molecule has 1 aliphatic carbocycles. The molecule has 1 aliphatic rings. The van der Waals surface area contributed by atoms with E-state index in [0.717, 1.165) is 52.7 Å². The number of amides is 1. The van der Waals surface area contributed by atoms with Gasteiger partial charge in [0.05, 0.1) is 16.9 Å². The van der Waals surface area contributed by atoms with Crippen molar-refractivity contribution in [3.63, 3.8) is 0 Å². The Morgan fingerprint density at radius 2 is 2.03 bits per heavy atom. The first-order chi connectivity index (χ1) is 17.2. The SMILES string of the molecule is Cc1cnc(N[C@@H]2CCC[C@](C)(NC(=O)c3ccc(N)c(F)c3)C2)nc1-c1n[nH]c2c(C)cccc12. The standard InChI is InChI=1S/C27H30FN7O/c1-15-6-4-8-19-22(15)34-35-24(19)23-16(2)14-30-26(32-23)31-18-7-5-11-27(3,13-18)33-25(36)17-9-10-21(29)20(28)12-17/h4,6,8-10,12,14,18H,5,7,11,13,29H2,1-3H3,(H,33,36)(H,34,35)(H,30,31,32)/t18-,27+/m1/s1. The number of nitrogens with zero attached hydrogens (tertiary/aromatic N) is 3. The second kappa shape index (κ2) is 9.22. The summed E-state index contributed by atoms with van der Waals surface area (Å²) in [6, 6.07) is 10.3. The zero-order valence-electron chi connectivity index (χ0n) is 20.7. The molecular formula is C27H30FN7O. The van der Waals surface area contributed by atoms with E-state index in [-0.39, 0.29) is 23.2 Å². The second-order valence-corrected chi connectivity index (χ2v) is 9.98. The molecule has 0 bridgehead atoms. The van der Waals surface area contributed by atoms with Gasteiger partial charge in [-0.05, 0) is 75.8 Å². The largest absolute Gasteiger partial charge is 0.396 e. The van der Waals surface area contributed by atoms with Crippen molar-refractivity contribution in [2.75, 3.05) is 11.1 Å². The van der Waals surface area contributed by atoms with Crippen LogP contribution in [-0.2, 0) is 0 Å². The van der Waals surface area contributed by atoms with Crippen molar-refractivity contribution < 1.29 is 9.18 Å². The molecule has 0 unspecified atom stereocenters. The number of aryl methyl sites for hydroxylation is 2. The number of benzene rings is 2. The number of H-pyrrole nitrogens is 1. The van der Waals surface area contributed by atoms with Gasteiger partial charge in [-0.15, -0.1) is 0 Å². The number of halogens is 1. The molecule has 2 heterocycles. The van der Waals surface area contributed by atoms with E-state index in [2.05, 4.69) is 25.8 Å². The van der Waals surface area contributed by atoms with E-state index in [9.17, 15) is 9.18 Å². The van der Waals surface area contributed by atoms with E-state index in [1.165, 1.54) is 18.2 Å². The van der Waals surface area contributed by atoms with Crippen LogP contribution in [0.15, 0.2) is 42.6 Å². The molecule has 5 N–H and O–H groups in total. The number of para-hydroxylation sites is 1. The fourth-order valence-corrected chi connectivity index (χ4v) is 5.04. The molecule has 2 aromatic carbocycles. The Hall–Kier alpha value is -4.01. The van der Waals surface area contributed by atoms with Crippen molar-refractivity contribution >= 4 is 28.4 Å². The number of rotatable bonds is 5. The molecule has 1 fully saturated rings. The van der Waals surface area contributed by atoms with Crippen LogP contribution in [-0.4, -0.2) is 37.7 Å². The number of aromatic nitrogens is 4. The summed E-state index contributed by atoms with van der Waals surface area (Å²) < 4.78 is 13.9. The van der Waals surface area contributed by atoms with Gasteiger partial charge < -0.3 is 16.4 Å². The number of nitrogen functional groups attached to an aromatic ring is 1. The smallest absolute Gasteiger partial charge is 0.251 e. The van der Waals surface area contributed by atoms with Crippen LogP contribution in [0.5, 0.6) is 0 Å². The topological polar surface area (TPSA) is 122 Å². The lowest BCUT2D eigenvalue weighted by atomic mass is 9.80. The third-order valence-electron chi connectivity index (χ3n) is 6.99. The predicted octanol–water partition coefficient (Wildman–Crippen LogP) is 4.90. The van der Waals surface area contributed by atoms with Crippen molar-refractivity contribution in [2.45, 2.75) is 58.0 Å². The summed E-state index contributed by atoms with van der Waals surface area (Å²) in [7, 11) is 0. The first kappa shape index (κ1) is 23.7. The number of carbonyl (C=O) groups is 1. The highest BCUT2D eigenvalue weighted by Gasteiger charge is 2.34. The number of nitrogens with one attached hydrogen (secondary N) is 3. The maximum absolute atomic E-state index is 13.9. The summed E-state index contributed by atoms with van der Waals surface area (Å²) in [5.74, 6) is -0.379. The van der Waals surface area contributed by atoms with Gasteiger partial charge in [-0.1, -0.05) is 18.2 Å². The van der Waals surface area contributed by atoms with Crippen molar-refractivity contribution in [1.82, 2.24) is 25.5 Å². The fraction of sp³-hybridized carbons (Fsp3) is 0.333. The summed E-state index contributed by atoms with van der Waals surface area (Å²) in [6.07, 6.45) is 5.17. The number of nitrogens with two attached hydrogens (primary N) is 1. The van der Waals surface area contributed by atoms with Crippen molar-refractivity contribution in [1.29, 1.82) is 0 Å². The lowest BCUT2D eigenvalue weighted by Crippen LogP contribution is -2.51. The van der Waals surface area contributed by atoms with Gasteiger partial charge in [-0.25, -0.2) is 14.4 Å². The average molecular weight is 488 g/mol. The monoisotopic (exact) mass is 487 g/mol. The zero-order valence-corrected chi connectivity index (χ0v) is 20.7. The average Bonchev–Trinajstić information content (AvgIpc) is 3.27. The summed E-state index contributed by atoms with van der Waals surface area (Å²) in [4.78, 5) is 22.1. The molecule has 1 amide bonds. The Bertz CT molecular complexity index is 1450. The van der Waals surface area contributed by atoms with Gasteiger partial charge in [-0.2, -0.15) is 5.10 Å². The minimum atomic E-state index is -0.594. The Morgan fingerprint density at radius 3 is 2.83 bits per heavy atom. The summed E-state index contributed by atoms with van der Waals surface area (Å²) in [5.41, 5.74) is 10.0. The quantitative estimate of drug-likeness (QED) is 0.297. The van der Waals surface area contributed by atoms with Crippen molar-refractivity contribution in [3.8, 4) is 11.4 Å². The van der Waals surface area contributed by atoms with E-state index in [1.807, 2.05) is 39.0 Å². The minimum Gasteiger partial charge on any atom is -0.396 e. The number of anilines is 2. The van der Waals surface area contributed by atoms with E-state index < -0.39 is 11.4 Å². The van der Waals surface area contributed by atoms with E-state index >= 15 is 0 Å². The summed E-state index contributed by atoms with van der Waals surface area (Å²) >= 11 is 0. The highest BCUT2D eigenvalue weighted by Crippen LogP contribution is 2.32. The molecule has 4 aromatic rings. The predicted molar refractivity (Wildman–Crippen MR) is 139 cm³/mol. The van der Waals surface area contributed by atoms with Crippen LogP contribution in [0, 0.1) is 19.7 Å². The Labute approximate surface area is 208 Å². The third-order valence-corrected chi connectivity index (χ3v) is 6.99. The molecule has 5 rings (SSSR count). The maximum Gasteiger partial charge on any atom is 0.251 e. The number of hydrogen-bond acceptors (Lipinski definition) is 6. The van der Waals surface area contributed by atoms with Gasteiger partial charge in [0, 0.05) is 28.7 Å². The minimum absolute atomic E-state index is 0.0233. The number of aromatic amines is 1. The normalized spacial score (nSPS) is 19.8. The Balaban J connectivity index is 1.33.